The molecule has 1 heterocycles. The Hall–Kier alpha value is -1.43. The number of rotatable bonds is 6. The van der Waals surface area contributed by atoms with Crippen molar-refractivity contribution in [1.29, 1.82) is 0 Å². The topological polar surface area (TPSA) is 33.5 Å². The number of hydrogen-bond acceptors (Lipinski definition) is 3. The molecule has 1 atom stereocenters. The lowest BCUT2D eigenvalue weighted by Crippen LogP contribution is -3.06. The van der Waals surface area contributed by atoms with E-state index in [9.17, 15) is 4.79 Å². The summed E-state index contributed by atoms with van der Waals surface area (Å²) in [4.78, 5) is 14.0. The molecule has 1 amide bonds. The molecule has 1 aliphatic rings. The highest BCUT2D eigenvalue weighted by molar-refractivity contribution is 8.19. The van der Waals surface area contributed by atoms with Gasteiger partial charge in [-0.25, -0.2) is 0 Å². The third-order valence-electron chi connectivity index (χ3n) is 4.19. The maximum atomic E-state index is 12.7. The molecule has 2 N–H and O–H groups in total. The van der Waals surface area contributed by atoms with Gasteiger partial charge < -0.3 is 10.2 Å². The van der Waals surface area contributed by atoms with Gasteiger partial charge in [-0.05, 0) is 23.3 Å². The Morgan fingerprint density at radius 3 is 2.32 bits per heavy atom. The summed E-state index contributed by atoms with van der Waals surface area (Å²) in [5.41, 5.74) is 3.18. The third kappa shape index (κ3) is 5.03. The molecular formula is C20H25N2OS2+. The van der Waals surface area contributed by atoms with E-state index < -0.39 is 0 Å². The summed E-state index contributed by atoms with van der Waals surface area (Å²) in [7, 11) is 4.21. The van der Waals surface area contributed by atoms with Crippen molar-refractivity contribution in [2.24, 2.45) is 0 Å². The summed E-state index contributed by atoms with van der Waals surface area (Å²) in [6.07, 6.45) is 0. The summed E-state index contributed by atoms with van der Waals surface area (Å²) in [5, 5.41) is 3.20. The highest BCUT2D eigenvalue weighted by Gasteiger charge is 2.20. The molecule has 3 rings (SSSR count). The molecule has 0 aliphatic carbocycles. The predicted octanol–water partition coefficient (Wildman–Crippen LogP) is 2.78. The largest absolute Gasteiger partial charge is 0.340 e. The smallest absolute Gasteiger partial charge is 0.251 e. The van der Waals surface area contributed by atoms with Crippen LogP contribution in [0, 0.1) is 0 Å². The van der Waals surface area contributed by atoms with Gasteiger partial charge in [0.25, 0.3) is 5.91 Å². The second-order valence-corrected chi connectivity index (χ2v) is 9.27. The van der Waals surface area contributed by atoms with Gasteiger partial charge in [0.15, 0.2) is 0 Å². The van der Waals surface area contributed by atoms with E-state index >= 15 is 0 Å². The number of benzene rings is 2. The van der Waals surface area contributed by atoms with Crippen molar-refractivity contribution < 1.29 is 9.69 Å². The summed E-state index contributed by atoms with van der Waals surface area (Å²) < 4.78 is 0.520. The van der Waals surface area contributed by atoms with Gasteiger partial charge in [-0.3, -0.25) is 4.79 Å². The van der Waals surface area contributed by atoms with Crippen LogP contribution in [0.4, 0.5) is 0 Å². The minimum absolute atomic E-state index is 0.00613. The molecule has 2 aromatic carbocycles. The summed E-state index contributed by atoms with van der Waals surface area (Å²) in [5.74, 6) is 2.42. The van der Waals surface area contributed by atoms with E-state index in [4.69, 9.17) is 0 Å². The summed E-state index contributed by atoms with van der Waals surface area (Å²) in [6.45, 7) is 0.850. The molecule has 132 valence electrons. The molecule has 25 heavy (non-hydrogen) atoms. The molecule has 2 aromatic rings. The predicted molar refractivity (Wildman–Crippen MR) is 108 cm³/mol. The first-order valence-corrected chi connectivity index (χ1v) is 10.7. The second-order valence-electron chi connectivity index (χ2n) is 6.54. The van der Waals surface area contributed by atoms with Gasteiger partial charge in [0.2, 0.25) is 0 Å². The van der Waals surface area contributed by atoms with Gasteiger partial charge in [0.05, 0.1) is 18.7 Å². The average Bonchev–Trinajstić information content (AvgIpc) is 3.16. The first-order valence-electron chi connectivity index (χ1n) is 8.61. The first-order chi connectivity index (χ1) is 12.1. The van der Waals surface area contributed by atoms with Crippen molar-refractivity contribution in [2.75, 3.05) is 32.1 Å². The van der Waals surface area contributed by atoms with Crippen LogP contribution in [0.25, 0.3) is 0 Å². The van der Waals surface area contributed by atoms with E-state index in [1.807, 2.05) is 53.9 Å². The van der Waals surface area contributed by atoms with Crippen LogP contribution < -0.4 is 10.2 Å². The molecule has 5 heteroatoms. The summed E-state index contributed by atoms with van der Waals surface area (Å²) in [6, 6.07) is 18.3. The van der Waals surface area contributed by atoms with Crippen LogP contribution in [-0.2, 0) is 0 Å². The maximum absolute atomic E-state index is 12.7. The van der Waals surface area contributed by atoms with Crippen molar-refractivity contribution in [3.05, 3.63) is 71.3 Å². The lowest BCUT2D eigenvalue weighted by Gasteiger charge is -2.21. The Morgan fingerprint density at radius 1 is 1.08 bits per heavy atom. The van der Waals surface area contributed by atoms with Gasteiger partial charge in [-0.1, -0.05) is 42.5 Å². The molecule has 1 saturated heterocycles. The Kier molecular flexibility index (Phi) is 6.45. The lowest BCUT2D eigenvalue weighted by atomic mass is 10.1. The van der Waals surface area contributed by atoms with E-state index in [1.54, 1.807) is 0 Å². The number of carbonyl (C=O) groups is 1. The molecular weight excluding hydrogens is 348 g/mol. The fraction of sp³-hybridized carbons (Fsp3) is 0.350. The van der Waals surface area contributed by atoms with E-state index in [0.717, 1.165) is 17.7 Å². The second kappa shape index (κ2) is 8.79. The van der Waals surface area contributed by atoms with Gasteiger partial charge in [-0.15, -0.1) is 23.5 Å². The average molecular weight is 374 g/mol. The molecule has 0 aromatic heterocycles. The molecule has 0 saturated carbocycles. The van der Waals surface area contributed by atoms with Crippen LogP contribution in [-0.4, -0.2) is 38.1 Å². The molecule has 0 bridgehead atoms. The molecule has 0 spiro atoms. The lowest BCUT2D eigenvalue weighted by molar-refractivity contribution is -0.860. The monoisotopic (exact) mass is 373 g/mol. The van der Waals surface area contributed by atoms with E-state index in [-0.39, 0.29) is 11.9 Å². The van der Waals surface area contributed by atoms with E-state index in [1.165, 1.54) is 22.0 Å². The van der Waals surface area contributed by atoms with Gasteiger partial charge in [0, 0.05) is 17.1 Å². The van der Waals surface area contributed by atoms with Gasteiger partial charge in [0.1, 0.15) is 12.6 Å². The van der Waals surface area contributed by atoms with Crippen LogP contribution >= 0.6 is 23.5 Å². The SMILES string of the molecule is C[NH+](C)C[C@H](NC(=O)c1ccc(C2SCCS2)cc1)c1ccccc1. The highest BCUT2D eigenvalue weighted by atomic mass is 32.2. The fourth-order valence-corrected chi connectivity index (χ4v) is 5.79. The number of quaternary nitrogens is 1. The number of carbonyl (C=O) groups excluding carboxylic acids is 1. The maximum Gasteiger partial charge on any atom is 0.251 e. The number of amides is 1. The fourth-order valence-electron chi connectivity index (χ4n) is 2.93. The molecule has 0 radical (unpaired) electrons. The van der Waals surface area contributed by atoms with Crippen molar-refractivity contribution in [3.8, 4) is 0 Å². The van der Waals surface area contributed by atoms with Crippen molar-refractivity contribution in [1.82, 2.24) is 5.32 Å². The van der Waals surface area contributed by atoms with Crippen LogP contribution in [0.5, 0.6) is 0 Å². The number of hydrogen-bond donors (Lipinski definition) is 2. The zero-order chi connectivity index (χ0) is 17.6. The molecule has 1 fully saturated rings. The third-order valence-corrected chi connectivity index (χ3v) is 7.29. The van der Waals surface area contributed by atoms with Crippen molar-refractivity contribution in [3.63, 3.8) is 0 Å². The van der Waals surface area contributed by atoms with Crippen LogP contribution in [0.1, 0.15) is 32.1 Å². The molecule has 1 aliphatic heterocycles. The van der Waals surface area contributed by atoms with Crippen LogP contribution in [0.15, 0.2) is 54.6 Å². The Morgan fingerprint density at radius 2 is 1.72 bits per heavy atom. The van der Waals surface area contributed by atoms with Gasteiger partial charge >= 0.3 is 0 Å². The quantitative estimate of drug-likeness (QED) is 0.817. The van der Waals surface area contributed by atoms with Gasteiger partial charge in [-0.2, -0.15) is 0 Å². The Bertz CT molecular complexity index is 683. The zero-order valence-corrected chi connectivity index (χ0v) is 16.3. The van der Waals surface area contributed by atoms with Crippen molar-refractivity contribution in [2.45, 2.75) is 10.6 Å². The first kappa shape index (κ1) is 18.4. The summed E-state index contributed by atoms with van der Waals surface area (Å²) >= 11 is 3.97. The Balaban J connectivity index is 1.70. The standard InChI is InChI=1S/C20H24N2OS2/c1-22(2)14-18(15-6-4-3-5-7-15)21-19(23)16-8-10-17(11-9-16)20-24-12-13-25-20/h3-11,18,20H,12-14H2,1-2H3,(H,21,23)/p+1/t18-/m0/s1. The normalized spacial score (nSPS) is 16.1. The zero-order valence-electron chi connectivity index (χ0n) is 14.7. The van der Waals surface area contributed by atoms with Crippen LogP contribution in [0.2, 0.25) is 0 Å². The van der Waals surface area contributed by atoms with E-state index in [2.05, 4.69) is 43.7 Å². The molecule has 3 nitrogen and oxygen atoms in total. The number of nitrogens with one attached hydrogen (secondary N) is 2. The highest BCUT2D eigenvalue weighted by Crippen LogP contribution is 2.45. The van der Waals surface area contributed by atoms with Crippen molar-refractivity contribution >= 4 is 29.4 Å². The van der Waals surface area contributed by atoms with E-state index in [0.29, 0.717) is 4.58 Å². The minimum Gasteiger partial charge on any atom is -0.340 e. The number of likely N-dealkylation sites (N-methyl/N-ethyl adjacent to an activating group) is 1. The van der Waals surface area contributed by atoms with Crippen LogP contribution in [0.3, 0.4) is 0 Å². The minimum atomic E-state index is -0.00613. The molecule has 0 unspecified atom stereocenters. The number of thioether (sulfide) groups is 2. The Labute approximate surface area is 158 Å².